The molecule has 0 fully saturated rings. The SMILES string of the molecule is O=[N+]([O-])c1ccc(Cl)c(NCc2cccc(C(F)F)c2)c1. The average molecular weight is 313 g/mol. The zero-order chi connectivity index (χ0) is 15.4. The highest BCUT2D eigenvalue weighted by atomic mass is 35.5. The summed E-state index contributed by atoms with van der Waals surface area (Å²) in [5.74, 6) is 0. The van der Waals surface area contributed by atoms with Crippen LogP contribution in [0.3, 0.4) is 0 Å². The van der Waals surface area contributed by atoms with Gasteiger partial charge in [0.25, 0.3) is 12.1 Å². The Morgan fingerprint density at radius 3 is 2.67 bits per heavy atom. The van der Waals surface area contributed by atoms with Gasteiger partial charge in [-0.25, -0.2) is 8.78 Å². The number of anilines is 1. The third-order valence-corrected chi connectivity index (χ3v) is 3.18. The fraction of sp³-hybridized carbons (Fsp3) is 0.143. The lowest BCUT2D eigenvalue weighted by Gasteiger charge is -2.09. The van der Waals surface area contributed by atoms with Crippen LogP contribution in [0.5, 0.6) is 0 Å². The van der Waals surface area contributed by atoms with Crippen LogP contribution < -0.4 is 5.32 Å². The minimum Gasteiger partial charge on any atom is -0.380 e. The first-order chi connectivity index (χ1) is 9.97. The van der Waals surface area contributed by atoms with Gasteiger partial charge in [0.1, 0.15) is 0 Å². The Kier molecular flexibility index (Phi) is 4.70. The van der Waals surface area contributed by atoms with Crippen molar-refractivity contribution in [2.24, 2.45) is 0 Å². The molecule has 1 N–H and O–H groups in total. The minimum absolute atomic E-state index is 0.0700. The van der Waals surface area contributed by atoms with Crippen LogP contribution in [0.4, 0.5) is 20.2 Å². The van der Waals surface area contributed by atoms with Gasteiger partial charge in [-0.05, 0) is 17.7 Å². The molecule has 2 aromatic carbocycles. The van der Waals surface area contributed by atoms with Crippen molar-refractivity contribution in [2.45, 2.75) is 13.0 Å². The summed E-state index contributed by atoms with van der Waals surface area (Å²) < 4.78 is 25.2. The third kappa shape index (κ3) is 3.88. The maximum absolute atomic E-state index is 12.6. The van der Waals surface area contributed by atoms with E-state index < -0.39 is 11.3 Å². The quantitative estimate of drug-likeness (QED) is 0.637. The van der Waals surface area contributed by atoms with E-state index >= 15 is 0 Å². The molecular weight excluding hydrogens is 302 g/mol. The molecule has 0 unspecified atom stereocenters. The fourth-order valence-corrected chi connectivity index (χ4v) is 1.98. The van der Waals surface area contributed by atoms with E-state index in [-0.39, 0.29) is 17.8 Å². The van der Waals surface area contributed by atoms with Crippen molar-refractivity contribution < 1.29 is 13.7 Å². The number of hydrogen-bond donors (Lipinski definition) is 1. The summed E-state index contributed by atoms with van der Waals surface area (Å²) in [6.07, 6.45) is -2.54. The van der Waals surface area contributed by atoms with Gasteiger partial charge in [-0.3, -0.25) is 10.1 Å². The molecule has 0 aliphatic heterocycles. The third-order valence-electron chi connectivity index (χ3n) is 2.85. The van der Waals surface area contributed by atoms with Crippen LogP contribution in [0.25, 0.3) is 0 Å². The molecule has 0 atom stereocenters. The van der Waals surface area contributed by atoms with Crippen molar-refractivity contribution in [2.75, 3.05) is 5.32 Å². The van der Waals surface area contributed by atoms with Crippen LogP contribution in [-0.2, 0) is 6.54 Å². The normalized spacial score (nSPS) is 10.7. The van der Waals surface area contributed by atoms with Gasteiger partial charge >= 0.3 is 0 Å². The number of hydrogen-bond acceptors (Lipinski definition) is 3. The number of halogens is 3. The molecule has 4 nitrogen and oxygen atoms in total. The molecule has 7 heteroatoms. The standard InChI is InChI=1S/C14H11ClF2N2O2/c15-12-5-4-11(19(20)21)7-13(12)18-8-9-2-1-3-10(6-9)14(16)17/h1-7,14,18H,8H2. The second-order valence-corrected chi connectivity index (χ2v) is 4.73. The van der Waals surface area contributed by atoms with Crippen LogP contribution in [-0.4, -0.2) is 4.92 Å². The molecule has 0 saturated carbocycles. The number of nitro benzene ring substituents is 1. The van der Waals surface area contributed by atoms with Gasteiger partial charge in [0.2, 0.25) is 0 Å². The molecule has 0 aliphatic rings. The molecule has 0 saturated heterocycles. The number of alkyl halides is 2. The number of benzene rings is 2. The molecule has 0 bridgehead atoms. The van der Waals surface area contributed by atoms with E-state index in [1.54, 1.807) is 6.07 Å². The van der Waals surface area contributed by atoms with Gasteiger partial charge in [-0.15, -0.1) is 0 Å². The van der Waals surface area contributed by atoms with E-state index in [2.05, 4.69) is 5.32 Å². The number of non-ortho nitro benzene ring substituents is 1. The first kappa shape index (κ1) is 15.2. The molecular formula is C14H11ClF2N2O2. The fourth-order valence-electron chi connectivity index (χ4n) is 1.80. The highest BCUT2D eigenvalue weighted by Crippen LogP contribution is 2.27. The van der Waals surface area contributed by atoms with Crippen molar-refractivity contribution in [1.29, 1.82) is 0 Å². The van der Waals surface area contributed by atoms with Crippen LogP contribution in [0.15, 0.2) is 42.5 Å². The minimum atomic E-state index is -2.54. The van der Waals surface area contributed by atoms with Gasteiger partial charge in [0, 0.05) is 24.2 Å². The topological polar surface area (TPSA) is 55.2 Å². The molecule has 110 valence electrons. The Bertz CT molecular complexity index is 665. The van der Waals surface area contributed by atoms with E-state index in [0.29, 0.717) is 16.3 Å². The molecule has 0 radical (unpaired) electrons. The lowest BCUT2D eigenvalue weighted by Crippen LogP contribution is -2.01. The van der Waals surface area contributed by atoms with Gasteiger partial charge < -0.3 is 5.32 Å². The average Bonchev–Trinajstić information content (AvgIpc) is 2.46. The Labute approximate surface area is 124 Å². The molecule has 0 aliphatic carbocycles. The molecule has 0 amide bonds. The van der Waals surface area contributed by atoms with Crippen molar-refractivity contribution >= 4 is 23.0 Å². The summed E-state index contributed by atoms with van der Waals surface area (Å²) in [5.41, 5.74) is 0.853. The Hall–Kier alpha value is -2.21. The highest BCUT2D eigenvalue weighted by Gasteiger charge is 2.10. The van der Waals surface area contributed by atoms with E-state index in [1.807, 2.05) is 0 Å². The van der Waals surface area contributed by atoms with Crippen molar-refractivity contribution in [1.82, 2.24) is 0 Å². The summed E-state index contributed by atoms with van der Waals surface area (Å²) in [7, 11) is 0. The largest absolute Gasteiger partial charge is 0.380 e. The summed E-state index contributed by atoms with van der Waals surface area (Å²) in [4.78, 5) is 10.2. The molecule has 2 rings (SSSR count). The summed E-state index contributed by atoms with van der Waals surface area (Å²) in [6, 6.07) is 9.96. The number of nitrogens with zero attached hydrogens (tertiary/aromatic N) is 1. The van der Waals surface area contributed by atoms with Gasteiger partial charge in [0.15, 0.2) is 0 Å². The number of nitrogens with one attached hydrogen (secondary N) is 1. The first-order valence-electron chi connectivity index (χ1n) is 6.02. The Balaban J connectivity index is 2.14. The number of nitro groups is 1. The maximum Gasteiger partial charge on any atom is 0.271 e. The lowest BCUT2D eigenvalue weighted by atomic mass is 10.1. The van der Waals surface area contributed by atoms with Gasteiger partial charge in [-0.2, -0.15) is 0 Å². The van der Waals surface area contributed by atoms with Crippen molar-refractivity contribution in [3.05, 3.63) is 68.7 Å². The monoisotopic (exact) mass is 312 g/mol. The van der Waals surface area contributed by atoms with E-state index in [1.165, 1.54) is 36.4 Å². The van der Waals surface area contributed by atoms with Crippen molar-refractivity contribution in [3.8, 4) is 0 Å². The van der Waals surface area contributed by atoms with Crippen molar-refractivity contribution in [3.63, 3.8) is 0 Å². The molecule has 21 heavy (non-hydrogen) atoms. The smallest absolute Gasteiger partial charge is 0.271 e. The predicted molar refractivity (Wildman–Crippen MR) is 76.8 cm³/mol. The highest BCUT2D eigenvalue weighted by molar-refractivity contribution is 6.33. The van der Waals surface area contributed by atoms with Gasteiger partial charge in [-0.1, -0.05) is 29.8 Å². The molecule has 0 spiro atoms. The van der Waals surface area contributed by atoms with E-state index in [4.69, 9.17) is 11.6 Å². The van der Waals surface area contributed by atoms with Crippen LogP contribution in [0.1, 0.15) is 17.6 Å². The predicted octanol–water partition coefficient (Wildman–Crippen LogP) is 4.80. The zero-order valence-electron chi connectivity index (χ0n) is 10.7. The van der Waals surface area contributed by atoms with Crippen LogP contribution >= 0.6 is 11.6 Å². The summed E-state index contributed by atoms with van der Waals surface area (Å²) in [6.45, 7) is 0.238. The maximum atomic E-state index is 12.6. The summed E-state index contributed by atoms with van der Waals surface area (Å²) in [5, 5.41) is 13.9. The lowest BCUT2D eigenvalue weighted by molar-refractivity contribution is -0.384. The second-order valence-electron chi connectivity index (χ2n) is 4.32. The summed E-state index contributed by atoms with van der Waals surface area (Å²) >= 11 is 5.94. The van der Waals surface area contributed by atoms with E-state index in [0.717, 1.165) is 0 Å². The zero-order valence-corrected chi connectivity index (χ0v) is 11.5. The molecule has 0 heterocycles. The molecule has 2 aromatic rings. The molecule has 0 aromatic heterocycles. The van der Waals surface area contributed by atoms with Crippen LogP contribution in [0.2, 0.25) is 5.02 Å². The van der Waals surface area contributed by atoms with Gasteiger partial charge in [0.05, 0.1) is 15.6 Å². The van der Waals surface area contributed by atoms with E-state index in [9.17, 15) is 18.9 Å². The van der Waals surface area contributed by atoms with Crippen LogP contribution in [0, 0.1) is 10.1 Å². The Morgan fingerprint density at radius 1 is 1.24 bits per heavy atom. The Morgan fingerprint density at radius 2 is 2.00 bits per heavy atom. The first-order valence-corrected chi connectivity index (χ1v) is 6.40. The number of rotatable bonds is 5. The second kappa shape index (κ2) is 6.49.